The lowest BCUT2D eigenvalue weighted by atomic mass is 9.98. The highest BCUT2D eigenvalue weighted by Crippen LogP contribution is 2.32. The smallest absolute Gasteiger partial charge is 0.250 e. The summed E-state index contributed by atoms with van der Waals surface area (Å²) in [4.78, 5) is 0. The molecule has 3 unspecified atom stereocenters. The molecule has 0 spiro atoms. The van der Waals surface area contributed by atoms with Crippen LogP contribution in [0.2, 0.25) is 0 Å². The van der Waals surface area contributed by atoms with E-state index in [1.165, 1.54) is 17.4 Å². The van der Waals surface area contributed by atoms with Crippen LogP contribution in [0.5, 0.6) is 0 Å². The second-order valence-electron chi connectivity index (χ2n) is 4.84. The molecule has 6 heteroatoms. The standard InChI is InChI=1S/C11H18N2O2S2/c1-7-3-4-10(8(7)2)13-17(14,15)11-5-9(12)6-16-11/h5-8,10,13H,3-4,12H2,1-2H3. The van der Waals surface area contributed by atoms with Crippen molar-refractivity contribution in [3.63, 3.8) is 0 Å². The molecule has 0 saturated heterocycles. The molecule has 1 aromatic heterocycles. The molecule has 0 aromatic carbocycles. The molecule has 3 N–H and O–H groups in total. The van der Waals surface area contributed by atoms with Gasteiger partial charge in [0.15, 0.2) is 0 Å². The Hall–Kier alpha value is -0.590. The Morgan fingerprint density at radius 2 is 2.12 bits per heavy atom. The lowest BCUT2D eigenvalue weighted by Gasteiger charge is -2.18. The summed E-state index contributed by atoms with van der Waals surface area (Å²) in [6, 6.07) is 1.56. The fraction of sp³-hybridized carbons (Fsp3) is 0.636. The first-order chi connectivity index (χ1) is 7.90. The van der Waals surface area contributed by atoms with Crippen molar-refractivity contribution in [3.8, 4) is 0 Å². The maximum atomic E-state index is 12.1. The summed E-state index contributed by atoms with van der Waals surface area (Å²) in [5.41, 5.74) is 6.05. The van der Waals surface area contributed by atoms with Crippen LogP contribution in [0.1, 0.15) is 26.7 Å². The number of hydrogen-bond acceptors (Lipinski definition) is 4. The molecule has 1 aromatic rings. The van der Waals surface area contributed by atoms with E-state index in [0.717, 1.165) is 12.8 Å². The normalized spacial score (nSPS) is 29.6. The van der Waals surface area contributed by atoms with Crippen molar-refractivity contribution < 1.29 is 8.42 Å². The lowest BCUT2D eigenvalue weighted by Crippen LogP contribution is -2.36. The fourth-order valence-corrected chi connectivity index (χ4v) is 4.72. The first-order valence-electron chi connectivity index (χ1n) is 5.76. The van der Waals surface area contributed by atoms with Crippen LogP contribution in [0, 0.1) is 11.8 Å². The number of hydrogen-bond donors (Lipinski definition) is 2. The number of nitrogen functional groups attached to an aromatic ring is 1. The molecule has 0 aliphatic heterocycles. The van der Waals surface area contributed by atoms with E-state index in [2.05, 4.69) is 18.6 Å². The molecule has 0 amide bonds. The van der Waals surface area contributed by atoms with Crippen LogP contribution >= 0.6 is 11.3 Å². The minimum absolute atomic E-state index is 0.0540. The van der Waals surface area contributed by atoms with Crippen molar-refractivity contribution in [2.75, 3.05) is 5.73 Å². The third-order valence-electron chi connectivity index (χ3n) is 3.63. The lowest BCUT2D eigenvalue weighted by molar-refractivity contribution is 0.402. The van der Waals surface area contributed by atoms with Gasteiger partial charge in [-0.1, -0.05) is 13.8 Å². The maximum Gasteiger partial charge on any atom is 0.250 e. The predicted molar refractivity (Wildman–Crippen MR) is 70.4 cm³/mol. The molecule has 1 aliphatic rings. The predicted octanol–water partition coefficient (Wildman–Crippen LogP) is 2.04. The third-order valence-corrected chi connectivity index (χ3v) is 6.58. The topological polar surface area (TPSA) is 72.2 Å². The number of nitrogens with one attached hydrogen (secondary N) is 1. The van der Waals surface area contributed by atoms with Gasteiger partial charge in [-0.3, -0.25) is 0 Å². The van der Waals surface area contributed by atoms with Gasteiger partial charge in [-0.15, -0.1) is 11.3 Å². The van der Waals surface area contributed by atoms with Crippen molar-refractivity contribution in [1.82, 2.24) is 4.72 Å². The van der Waals surface area contributed by atoms with Crippen molar-refractivity contribution in [2.45, 2.75) is 36.9 Å². The highest BCUT2D eigenvalue weighted by Gasteiger charge is 2.33. The van der Waals surface area contributed by atoms with Gasteiger partial charge in [-0.25, -0.2) is 13.1 Å². The van der Waals surface area contributed by atoms with Gasteiger partial charge < -0.3 is 5.73 Å². The second-order valence-corrected chi connectivity index (χ2v) is 7.69. The van der Waals surface area contributed by atoms with Crippen LogP contribution < -0.4 is 10.5 Å². The van der Waals surface area contributed by atoms with Gasteiger partial charge in [0.05, 0.1) is 0 Å². The number of nitrogens with two attached hydrogens (primary N) is 1. The third kappa shape index (κ3) is 2.64. The number of anilines is 1. The molecule has 4 nitrogen and oxygen atoms in total. The summed E-state index contributed by atoms with van der Waals surface area (Å²) in [6.07, 6.45) is 2.00. The average Bonchev–Trinajstić information content (AvgIpc) is 2.80. The minimum atomic E-state index is -3.39. The summed E-state index contributed by atoms with van der Waals surface area (Å²) in [5.74, 6) is 0.971. The molecule has 0 radical (unpaired) electrons. The van der Waals surface area contributed by atoms with E-state index in [1.54, 1.807) is 5.38 Å². The van der Waals surface area contributed by atoms with E-state index in [1.807, 2.05) is 0 Å². The largest absolute Gasteiger partial charge is 0.398 e. The SMILES string of the molecule is CC1CCC(NS(=O)(=O)c2cc(N)cs2)C1C. The Bertz CT molecular complexity index is 495. The van der Waals surface area contributed by atoms with E-state index in [4.69, 9.17) is 5.73 Å². The molecule has 1 heterocycles. The fourth-order valence-electron chi connectivity index (χ4n) is 2.26. The van der Waals surface area contributed by atoms with Crippen LogP contribution in [0.15, 0.2) is 15.7 Å². The summed E-state index contributed by atoms with van der Waals surface area (Å²) >= 11 is 1.17. The molecule has 96 valence electrons. The molecule has 3 atom stereocenters. The maximum absolute atomic E-state index is 12.1. The van der Waals surface area contributed by atoms with Gasteiger partial charge in [0.2, 0.25) is 10.0 Å². The zero-order valence-electron chi connectivity index (χ0n) is 10.0. The molecular weight excluding hydrogens is 256 g/mol. The van der Waals surface area contributed by atoms with Crippen LogP contribution in [-0.2, 0) is 10.0 Å². The van der Waals surface area contributed by atoms with Crippen LogP contribution in [0.4, 0.5) is 5.69 Å². The highest BCUT2D eigenvalue weighted by molar-refractivity contribution is 7.91. The molecule has 0 bridgehead atoms. The Kier molecular flexibility index (Phi) is 3.47. The number of thiophene rings is 1. The highest BCUT2D eigenvalue weighted by atomic mass is 32.2. The van der Waals surface area contributed by atoms with Gasteiger partial charge in [0, 0.05) is 17.1 Å². The summed E-state index contributed by atoms with van der Waals surface area (Å²) in [6.45, 7) is 4.27. The molecule has 1 saturated carbocycles. The molecule has 17 heavy (non-hydrogen) atoms. The van der Waals surface area contributed by atoms with Crippen molar-refractivity contribution in [2.24, 2.45) is 11.8 Å². The Labute approximate surface area is 106 Å². The van der Waals surface area contributed by atoms with Crippen LogP contribution in [0.3, 0.4) is 0 Å². The van der Waals surface area contributed by atoms with Gasteiger partial charge >= 0.3 is 0 Å². The summed E-state index contributed by atoms with van der Waals surface area (Å²) in [5, 5.41) is 1.65. The van der Waals surface area contributed by atoms with Gasteiger partial charge in [-0.2, -0.15) is 0 Å². The summed E-state index contributed by atoms with van der Waals surface area (Å²) in [7, 11) is -3.39. The summed E-state index contributed by atoms with van der Waals surface area (Å²) < 4.78 is 27.3. The van der Waals surface area contributed by atoms with E-state index in [-0.39, 0.29) is 6.04 Å². The Morgan fingerprint density at radius 1 is 1.41 bits per heavy atom. The van der Waals surface area contributed by atoms with Crippen LogP contribution in [0.25, 0.3) is 0 Å². The van der Waals surface area contributed by atoms with Crippen molar-refractivity contribution in [1.29, 1.82) is 0 Å². The van der Waals surface area contributed by atoms with Crippen LogP contribution in [-0.4, -0.2) is 14.5 Å². The molecule has 1 aliphatic carbocycles. The Balaban J connectivity index is 2.13. The minimum Gasteiger partial charge on any atom is -0.398 e. The van der Waals surface area contributed by atoms with Gasteiger partial charge in [0.1, 0.15) is 4.21 Å². The molecular formula is C11H18N2O2S2. The van der Waals surface area contributed by atoms with Crippen molar-refractivity contribution >= 4 is 27.0 Å². The Morgan fingerprint density at radius 3 is 2.59 bits per heavy atom. The van der Waals surface area contributed by atoms with Gasteiger partial charge in [-0.05, 0) is 30.7 Å². The van der Waals surface area contributed by atoms with Gasteiger partial charge in [0.25, 0.3) is 0 Å². The zero-order chi connectivity index (χ0) is 12.6. The van der Waals surface area contributed by atoms with E-state index >= 15 is 0 Å². The molecule has 2 rings (SSSR count). The van der Waals surface area contributed by atoms with E-state index in [9.17, 15) is 8.42 Å². The second kappa shape index (κ2) is 4.59. The van der Waals surface area contributed by atoms with E-state index in [0.29, 0.717) is 21.7 Å². The monoisotopic (exact) mass is 274 g/mol. The molecule has 1 fully saturated rings. The van der Waals surface area contributed by atoms with E-state index < -0.39 is 10.0 Å². The zero-order valence-corrected chi connectivity index (χ0v) is 11.6. The quantitative estimate of drug-likeness (QED) is 0.886. The average molecular weight is 274 g/mol. The number of sulfonamides is 1. The van der Waals surface area contributed by atoms with Crippen molar-refractivity contribution in [3.05, 3.63) is 11.4 Å². The first kappa shape index (κ1) is 12.9. The number of rotatable bonds is 3. The first-order valence-corrected chi connectivity index (χ1v) is 8.13.